The van der Waals surface area contributed by atoms with Gasteiger partial charge in [-0.15, -0.1) is 12.4 Å². The molecule has 0 bridgehead atoms. The first-order valence-corrected chi connectivity index (χ1v) is 8.63. The van der Waals surface area contributed by atoms with Crippen molar-refractivity contribution in [2.75, 3.05) is 18.5 Å². The molecule has 3 N–H and O–H groups in total. The lowest BCUT2D eigenvalue weighted by Crippen LogP contribution is -2.37. The number of carbonyl (C=O) groups is 1. The van der Waals surface area contributed by atoms with Crippen LogP contribution in [-0.2, 0) is 10.3 Å². The Morgan fingerprint density at radius 3 is 2.85 bits per heavy atom. The number of amides is 1. The summed E-state index contributed by atoms with van der Waals surface area (Å²) in [7, 11) is 0. The smallest absolute Gasteiger partial charge is 0.274 e. The van der Waals surface area contributed by atoms with Gasteiger partial charge in [0.2, 0.25) is 0 Å². The SMILES string of the molecule is Cc1cc(Br)cnc1C(=O)Nc1cccc([C@]2(C)COCC(N)=N2)c1.Cl. The molecule has 0 saturated heterocycles. The van der Waals surface area contributed by atoms with Gasteiger partial charge >= 0.3 is 0 Å². The number of ether oxygens (including phenoxy) is 1. The second kappa shape index (κ2) is 8.16. The molecule has 26 heavy (non-hydrogen) atoms. The van der Waals surface area contributed by atoms with E-state index in [1.807, 2.05) is 44.2 Å². The lowest BCUT2D eigenvalue weighted by molar-refractivity contribution is 0.102. The Bertz CT molecular complexity index is 859. The molecule has 0 radical (unpaired) electrons. The molecule has 0 fully saturated rings. The highest BCUT2D eigenvalue weighted by atomic mass is 79.9. The van der Waals surface area contributed by atoms with E-state index in [0.29, 0.717) is 30.4 Å². The van der Waals surface area contributed by atoms with Crippen molar-refractivity contribution in [2.45, 2.75) is 19.4 Å². The molecule has 1 atom stereocenters. The Balaban J connectivity index is 0.00000243. The fraction of sp³-hybridized carbons (Fsp3) is 0.278. The summed E-state index contributed by atoms with van der Waals surface area (Å²) in [5.41, 5.74) is 8.04. The topological polar surface area (TPSA) is 89.6 Å². The van der Waals surface area contributed by atoms with Crippen molar-refractivity contribution in [2.24, 2.45) is 10.7 Å². The van der Waals surface area contributed by atoms with Gasteiger partial charge in [-0.2, -0.15) is 0 Å². The fourth-order valence-corrected chi connectivity index (χ4v) is 3.23. The van der Waals surface area contributed by atoms with Crippen LogP contribution in [0, 0.1) is 6.92 Å². The van der Waals surface area contributed by atoms with Crippen LogP contribution in [0.1, 0.15) is 28.5 Å². The molecule has 0 aliphatic carbocycles. The number of nitrogens with one attached hydrogen (secondary N) is 1. The Hall–Kier alpha value is -1.96. The lowest BCUT2D eigenvalue weighted by atomic mass is 9.92. The highest BCUT2D eigenvalue weighted by molar-refractivity contribution is 9.10. The third kappa shape index (κ3) is 4.41. The summed E-state index contributed by atoms with van der Waals surface area (Å²) < 4.78 is 6.35. The highest BCUT2D eigenvalue weighted by Gasteiger charge is 2.30. The predicted molar refractivity (Wildman–Crippen MR) is 108 cm³/mol. The maximum Gasteiger partial charge on any atom is 0.274 e. The van der Waals surface area contributed by atoms with Gasteiger partial charge in [-0.1, -0.05) is 12.1 Å². The minimum absolute atomic E-state index is 0. The second-order valence-corrected chi connectivity index (χ2v) is 7.14. The first kappa shape index (κ1) is 20.4. The molecule has 138 valence electrons. The third-order valence-corrected chi connectivity index (χ3v) is 4.46. The standard InChI is InChI=1S/C18H19BrN4O2.ClH/c1-11-6-13(19)8-21-16(11)17(24)22-14-5-3-4-12(7-14)18(2)10-25-9-15(20)23-18;/h3-8H,9-10H2,1-2H3,(H2,20,23)(H,22,24);1H/t18-;/m0./s1. The molecule has 1 aromatic carbocycles. The van der Waals surface area contributed by atoms with Crippen molar-refractivity contribution in [3.8, 4) is 0 Å². The van der Waals surface area contributed by atoms with Gasteiger partial charge in [0, 0.05) is 16.4 Å². The van der Waals surface area contributed by atoms with E-state index in [1.54, 1.807) is 6.20 Å². The van der Waals surface area contributed by atoms with Crippen LogP contribution >= 0.6 is 28.3 Å². The summed E-state index contributed by atoms with van der Waals surface area (Å²) in [6, 6.07) is 9.39. The van der Waals surface area contributed by atoms with Gasteiger partial charge in [0.1, 0.15) is 23.7 Å². The highest BCUT2D eigenvalue weighted by Crippen LogP contribution is 2.30. The van der Waals surface area contributed by atoms with Gasteiger partial charge in [0.25, 0.3) is 5.91 Å². The van der Waals surface area contributed by atoms with Crippen LogP contribution in [-0.4, -0.2) is 29.9 Å². The number of amidine groups is 1. The molecule has 1 amide bonds. The normalized spacial score (nSPS) is 19.3. The molecule has 2 aromatic rings. The maximum absolute atomic E-state index is 12.5. The van der Waals surface area contributed by atoms with Crippen molar-refractivity contribution in [3.63, 3.8) is 0 Å². The molecule has 8 heteroatoms. The van der Waals surface area contributed by atoms with Gasteiger partial charge in [-0.25, -0.2) is 4.98 Å². The number of aryl methyl sites for hydroxylation is 1. The number of hydrogen-bond donors (Lipinski definition) is 2. The van der Waals surface area contributed by atoms with E-state index in [-0.39, 0.29) is 18.3 Å². The van der Waals surface area contributed by atoms with E-state index < -0.39 is 5.54 Å². The predicted octanol–water partition coefficient (Wildman–Crippen LogP) is 3.43. The molecule has 6 nitrogen and oxygen atoms in total. The first-order valence-electron chi connectivity index (χ1n) is 7.83. The van der Waals surface area contributed by atoms with E-state index in [0.717, 1.165) is 15.6 Å². The quantitative estimate of drug-likeness (QED) is 0.767. The fourth-order valence-electron chi connectivity index (χ4n) is 2.78. The number of benzene rings is 1. The average Bonchev–Trinajstić information content (AvgIpc) is 2.54. The minimum Gasteiger partial charge on any atom is -0.386 e. The molecule has 1 aliphatic heterocycles. The number of halogens is 2. The van der Waals surface area contributed by atoms with E-state index in [9.17, 15) is 4.79 Å². The van der Waals surface area contributed by atoms with E-state index in [2.05, 4.69) is 31.2 Å². The largest absolute Gasteiger partial charge is 0.386 e. The molecule has 1 aromatic heterocycles. The van der Waals surface area contributed by atoms with Crippen molar-refractivity contribution in [3.05, 3.63) is 57.8 Å². The van der Waals surface area contributed by atoms with Crippen LogP contribution in [0.5, 0.6) is 0 Å². The summed E-state index contributed by atoms with van der Waals surface area (Å²) in [6.07, 6.45) is 1.61. The zero-order valence-corrected chi connectivity index (χ0v) is 16.9. The van der Waals surface area contributed by atoms with E-state index >= 15 is 0 Å². The number of nitrogens with two attached hydrogens (primary N) is 1. The van der Waals surface area contributed by atoms with Crippen LogP contribution in [0.25, 0.3) is 0 Å². The Kier molecular flexibility index (Phi) is 6.39. The molecule has 0 spiro atoms. The molecule has 0 unspecified atom stereocenters. The van der Waals surface area contributed by atoms with Gasteiger partial charge in [0.05, 0.1) is 6.61 Å². The number of pyridine rings is 1. The van der Waals surface area contributed by atoms with Gasteiger partial charge in [-0.3, -0.25) is 9.79 Å². The number of hydrogen-bond acceptors (Lipinski definition) is 5. The number of aromatic nitrogens is 1. The van der Waals surface area contributed by atoms with Gasteiger partial charge in [0.15, 0.2) is 0 Å². The molecular formula is C18H20BrClN4O2. The minimum atomic E-state index is -0.561. The average molecular weight is 440 g/mol. The van der Waals surface area contributed by atoms with Crippen LogP contribution < -0.4 is 11.1 Å². The Morgan fingerprint density at radius 2 is 2.15 bits per heavy atom. The molecule has 1 aliphatic rings. The van der Waals surface area contributed by atoms with E-state index in [4.69, 9.17) is 10.5 Å². The number of nitrogens with zero attached hydrogens (tertiary/aromatic N) is 2. The number of rotatable bonds is 3. The van der Waals surface area contributed by atoms with Gasteiger partial charge in [-0.05, 0) is 59.1 Å². The summed E-state index contributed by atoms with van der Waals surface area (Å²) in [5, 5.41) is 2.89. The number of aliphatic imine (C=N–C) groups is 1. The van der Waals surface area contributed by atoms with Crippen molar-refractivity contribution in [1.82, 2.24) is 4.98 Å². The van der Waals surface area contributed by atoms with Crippen LogP contribution in [0.3, 0.4) is 0 Å². The van der Waals surface area contributed by atoms with Crippen LogP contribution in [0.2, 0.25) is 0 Å². The zero-order valence-electron chi connectivity index (χ0n) is 14.5. The van der Waals surface area contributed by atoms with Crippen molar-refractivity contribution in [1.29, 1.82) is 0 Å². The molecular weight excluding hydrogens is 420 g/mol. The lowest BCUT2D eigenvalue weighted by Gasteiger charge is -2.30. The summed E-state index contributed by atoms with van der Waals surface area (Å²) >= 11 is 3.35. The molecule has 0 saturated carbocycles. The number of anilines is 1. The molecule has 2 heterocycles. The van der Waals surface area contributed by atoms with E-state index in [1.165, 1.54) is 0 Å². The summed E-state index contributed by atoms with van der Waals surface area (Å²) in [4.78, 5) is 21.2. The zero-order chi connectivity index (χ0) is 18.0. The third-order valence-electron chi connectivity index (χ3n) is 4.03. The molecule has 3 rings (SSSR count). The number of carbonyl (C=O) groups excluding carboxylic acids is 1. The summed E-state index contributed by atoms with van der Waals surface area (Å²) in [6.45, 7) is 4.60. The maximum atomic E-state index is 12.5. The Labute approximate surface area is 166 Å². The first-order chi connectivity index (χ1) is 11.9. The monoisotopic (exact) mass is 438 g/mol. The van der Waals surface area contributed by atoms with Crippen molar-refractivity contribution >= 4 is 45.8 Å². The van der Waals surface area contributed by atoms with Crippen LogP contribution in [0.4, 0.5) is 5.69 Å². The Morgan fingerprint density at radius 1 is 1.38 bits per heavy atom. The second-order valence-electron chi connectivity index (χ2n) is 6.22. The van der Waals surface area contributed by atoms with Crippen molar-refractivity contribution < 1.29 is 9.53 Å². The van der Waals surface area contributed by atoms with Gasteiger partial charge < -0.3 is 15.8 Å². The summed E-state index contributed by atoms with van der Waals surface area (Å²) in [5.74, 6) is 0.216. The van der Waals surface area contributed by atoms with Crippen LogP contribution in [0.15, 0.2) is 46.0 Å².